The first kappa shape index (κ1) is 17.4. The summed E-state index contributed by atoms with van der Waals surface area (Å²) < 4.78 is 18.9. The third kappa shape index (κ3) is 4.37. The third-order valence-corrected chi connectivity index (χ3v) is 4.38. The molecule has 1 aliphatic carbocycles. The maximum Gasteiger partial charge on any atom is 0.242 e. The Morgan fingerprint density at radius 2 is 2.00 bits per heavy atom. The Hall–Kier alpha value is -2.40. The SMILES string of the molecule is COc1ccc(CN(C)[C@H](C(=O)NC2CC2)c2ccccc2)cc1F. The molecule has 1 saturated carbocycles. The van der Waals surface area contributed by atoms with Crippen LogP contribution in [0.15, 0.2) is 48.5 Å². The highest BCUT2D eigenvalue weighted by molar-refractivity contribution is 5.83. The first-order valence-corrected chi connectivity index (χ1v) is 8.46. The molecule has 1 fully saturated rings. The van der Waals surface area contributed by atoms with E-state index in [2.05, 4.69) is 5.32 Å². The van der Waals surface area contributed by atoms with Gasteiger partial charge >= 0.3 is 0 Å². The summed E-state index contributed by atoms with van der Waals surface area (Å²) in [6.07, 6.45) is 2.08. The fourth-order valence-corrected chi connectivity index (χ4v) is 2.94. The van der Waals surface area contributed by atoms with E-state index in [1.54, 1.807) is 6.07 Å². The minimum Gasteiger partial charge on any atom is -0.494 e. The monoisotopic (exact) mass is 342 g/mol. The Balaban J connectivity index is 1.79. The van der Waals surface area contributed by atoms with Crippen molar-refractivity contribution in [2.75, 3.05) is 14.2 Å². The van der Waals surface area contributed by atoms with Gasteiger partial charge in [0.2, 0.25) is 5.91 Å². The van der Waals surface area contributed by atoms with Crippen LogP contribution in [0.3, 0.4) is 0 Å². The highest BCUT2D eigenvalue weighted by Crippen LogP contribution is 2.26. The Bertz CT molecular complexity index is 732. The van der Waals surface area contributed by atoms with Crippen LogP contribution >= 0.6 is 0 Å². The maximum absolute atomic E-state index is 13.9. The van der Waals surface area contributed by atoms with Crippen LogP contribution in [0.4, 0.5) is 4.39 Å². The minimum atomic E-state index is -0.410. The van der Waals surface area contributed by atoms with Gasteiger partial charge in [0.1, 0.15) is 6.04 Å². The molecule has 5 heteroatoms. The fraction of sp³-hybridized carbons (Fsp3) is 0.350. The molecule has 25 heavy (non-hydrogen) atoms. The predicted molar refractivity (Wildman–Crippen MR) is 94.8 cm³/mol. The number of ether oxygens (including phenoxy) is 1. The molecule has 3 rings (SSSR count). The van der Waals surface area contributed by atoms with E-state index in [-0.39, 0.29) is 11.7 Å². The molecule has 0 saturated heterocycles. The number of amides is 1. The lowest BCUT2D eigenvalue weighted by Crippen LogP contribution is -2.39. The summed E-state index contributed by atoms with van der Waals surface area (Å²) in [5, 5.41) is 3.07. The summed E-state index contributed by atoms with van der Waals surface area (Å²) in [7, 11) is 3.32. The molecule has 132 valence electrons. The van der Waals surface area contributed by atoms with Crippen molar-refractivity contribution in [3.05, 3.63) is 65.5 Å². The summed E-state index contributed by atoms with van der Waals surface area (Å²) in [4.78, 5) is 14.7. The van der Waals surface area contributed by atoms with Crippen molar-refractivity contribution < 1.29 is 13.9 Å². The van der Waals surface area contributed by atoms with E-state index in [0.29, 0.717) is 12.6 Å². The molecule has 1 atom stereocenters. The number of benzene rings is 2. The number of likely N-dealkylation sites (N-methyl/N-ethyl adjacent to an activating group) is 1. The number of rotatable bonds is 7. The quantitative estimate of drug-likeness (QED) is 0.839. The molecule has 1 aliphatic rings. The van der Waals surface area contributed by atoms with E-state index in [0.717, 1.165) is 24.0 Å². The molecule has 0 bridgehead atoms. The van der Waals surface area contributed by atoms with Crippen LogP contribution in [0.5, 0.6) is 5.75 Å². The van der Waals surface area contributed by atoms with Gasteiger partial charge in [0, 0.05) is 12.6 Å². The third-order valence-electron chi connectivity index (χ3n) is 4.38. The van der Waals surface area contributed by atoms with Gasteiger partial charge in [0.25, 0.3) is 0 Å². The van der Waals surface area contributed by atoms with E-state index in [1.807, 2.05) is 48.3 Å². The molecule has 0 unspecified atom stereocenters. The topological polar surface area (TPSA) is 41.6 Å². The van der Waals surface area contributed by atoms with Gasteiger partial charge < -0.3 is 10.1 Å². The molecule has 2 aromatic carbocycles. The summed E-state index contributed by atoms with van der Waals surface area (Å²) in [5.74, 6) is -0.185. The van der Waals surface area contributed by atoms with Gasteiger partial charge in [-0.15, -0.1) is 0 Å². The molecule has 1 amide bonds. The average molecular weight is 342 g/mol. The zero-order chi connectivity index (χ0) is 17.8. The Morgan fingerprint density at radius 3 is 2.60 bits per heavy atom. The van der Waals surface area contributed by atoms with E-state index >= 15 is 0 Å². The van der Waals surface area contributed by atoms with Crippen molar-refractivity contribution in [3.63, 3.8) is 0 Å². The fourth-order valence-electron chi connectivity index (χ4n) is 2.94. The molecule has 2 aromatic rings. The molecule has 0 radical (unpaired) electrons. The summed E-state index contributed by atoms with van der Waals surface area (Å²) in [5.41, 5.74) is 1.72. The number of halogens is 1. The first-order valence-electron chi connectivity index (χ1n) is 8.46. The van der Waals surface area contributed by atoms with E-state index in [9.17, 15) is 9.18 Å². The van der Waals surface area contributed by atoms with Crippen LogP contribution in [0, 0.1) is 5.82 Å². The maximum atomic E-state index is 13.9. The van der Waals surface area contributed by atoms with Crippen molar-refractivity contribution in [1.29, 1.82) is 0 Å². The molecule has 0 spiro atoms. The standard InChI is InChI=1S/C20H23FN2O2/c1-23(13-14-8-11-18(25-2)17(21)12-14)19(15-6-4-3-5-7-15)20(24)22-16-9-10-16/h3-8,11-12,16,19H,9-10,13H2,1-2H3,(H,22,24)/t19-/m0/s1. The van der Waals surface area contributed by atoms with Crippen LogP contribution in [0.25, 0.3) is 0 Å². The Morgan fingerprint density at radius 1 is 1.28 bits per heavy atom. The van der Waals surface area contributed by atoms with Gasteiger partial charge in [-0.3, -0.25) is 9.69 Å². The Labute approximate surface area is 147 Å². The lowest BCUT2D eigenvalue weighted by atomic mass is 10.0. The predicted octanol–water partition coefficient (Wildman–Crippen LogP) is 3.29. The van der Waals surface area contributed by atoms with Gasteiger partial charge in [-0.25, -0.2) is 4.39 Å². The molecule has 1 N–H and O–H groups in total. The van der Waals surface area contributed by atoms with Crippen LogP contribution < -0.4 is 10.1 Å². The molecule has 0 heterocycles. The van der Waals surface area contributed by atoms with Gasteiger partial charge in [-0.2, -0.15) is 0 Å². The van der Waals surface area contributed by atoms with Crippen molar-refractivity contribution in [3.8, 4) is 5.75 Å². The average Bonchev–Trinajstić information content (AvgIpc) is 3.40. The summed E-state index contributed by atoms with van der Waals surface area (Å²) in [6.45, 7) is 0.457. The Kier molecular flexibility index (Phi) is 5.34. The largest absolute Gasteiger partial charge is 0.494 e. The second-order valence-electron chi connectivity index (χ2n) is 6.48. The second-order valence-corrected chi connectivity index (χ2v) is 6.48. The smallest absolute Gasteiger partial charge is 0.242 e. The number of carbonyl (C=O) groups is 1. The zero-order valence-corrected chi connectivity index (χ0v) is 14.5. The number of hydrogen-bond acceptors (Lipinski definition) is 3. The van der Waals surface area contributed by atoms with Crippen molar-refractivity contribution in [2.45, 2.75) is 31.5 Å². The number of nitrogens with zero attached hydrogens (tertiary/aromatic N) is 1. The molecular formula is C20H23FN2O2. The van der Waals surface area contributed by atoms with Gasteiger partial charge in [0.15, 0.2) is 11.6 Å². The van der Waals surface area contributed by atoms with E-state index in [4.69, 9.17) is 4.74 Å². The van der Waals surface area contributed by atoms with Crippen LogP contribution in [0.2, 0.25) is 0 Å². The van der Waals surface area contributed by atoms with Crippen molar-refractivity contribution in [2.24, 2.45) is 0 Å². The van der Waals surface area contributed by atoms with E-state index < -0.39 is 11.9 Å². The zero-order valence-electron chi connectivity index (χ0n) is 14.5. The molecule has 4 nitrogen and oxygen atoms in total. The van der Waals surface area contributed by atoms with Gasteiger partial charge in [-0.05, 0) is 43.1 Å². The van der Waals surface area contributed by atoms with Crippen LogP contribution in [-0.2, 0) is 11.3 Å². The first-order chi connectivity index (χ1) is 12.1. The van der Waals surface area contributed by atoms with Gasteiger partial charge in [-0.1, -0.05) is 36.4 Å². The lowest BCUT2D eigenvalue weighted by molar-refractivity contribution is -0.126. The number of methoxy groups -OCH3 is 1. The molecule has 0 aliphatic heterocycles. The lowest BCUT2D eigenvalue weighted by Gasteiger charge is -2.28. The number of hydrogen-bond donors (Lipinski definition) is 1. The highest BCUT2D eigenvalue weighted by atomic mass is 19.1. The highest BCUT2D eigenvalue weighted by Gasteiger charge is 2.30. The van der Waals surface area contributed by atoms with Crippen molar-refractivity contribution >= 4 is 5.91 Å². The summed E-state index contributed by atoms with van der Waals surface area (Å²) in [6, 6.07) is 14.4. The van der Waals surface area contributed by atoms with Crippen molar-refractivity contribution in [1.82, 2.24) is 10.2 Å². The molecule has 0 aromatic heterocycles. The van der Waals surface area contributed by atoms with Crippen LogP contribution in [-0.4, -0.2) is 31.0 Å². The summed E-state index contributed by atoms with van der Waals surface area (Å²) >= 11 is 0. The van der Waals surface area contributed by atoms with Crippen LogP contribution in [0.1, 0.15) is 30.0 Å². The second kappa shape index (κ2) is 7.66. The minimum absolute atomic E-state index is 0.00909. The number of carbonyl (C=O) groups excluding carboxylic acids is 1. The number of nitrogens with one attached hydrogen (secondary N) is 1. The molecular weight excluding hydrogens is 319 g/mol. The van der Waals surface area contributed by atoms with E-state index in [1.165, 1.54) is 13.2 Å². The normalized spacial score (nSPS) is 15.0. The van der Waals surface area contributed by atoms with Gasteiger partial charge in [0.05, 0.1) is 7.11 Å².